The summed E-state index contributed by atoms with van der Waals surface area (Å²) < 4.78 is 126. The second-order valence-electron chi connectivity index (χ2n) is 8.18. The molecule has 0 spiro atoms. The zero-order valence-corrected chi connectivity index (χ0v) is 19.8. The van der Waals surface area contributed by atoms with E-state index >= 15 is 0 Å². The van der Waals surface area contributed by atoms with Crippen LogP contribution in [0.5, 0.6) is 0 Å². The SMILES string of the molecule is CCOC(=O)C1C(c2ccc([N+](=O)[O-])cc2)C(C(=O)OCC)C(O)(C(F)(F)C(F)F)OC1(O)C(F)(F)C(F)F. The lowest BCUT2D eigenvalue weighted by Gasteiger charge is -2.55. The normalized spacial score (nSPS) is 27.9. The van der Waals surface area contributed by atoms with Gasteiger partial charge in [-0.2, -0.15) is 17.6 Å². The van der Waals surface area contributed by atoms with Crippen LogP contribution >= 0.6 is 0 Å². The summed E-state index contributed by atoms with van der Waals surface area (Å²) in [6, 6.07) is 2.30. The summed E-state index contributed by atoms with van der Waals surface area (Å²) >= 11 is 0. The molecule has 1 aromatic rings. The molecule has 39 heavy (non-hydrogen) atoms. The summed E-state index contributed by atoms with van der Waals surface area (Å²) in [7, 11) is 0. The summed E-state index contributed by atoms with van der Waals surface area (Å²) in [5, 5.41) is 32.5. The predicted octanol–water partition coefficient (Wildman–Crippen LogP) is 3.25. The van der Waals surface area contributed by atoms with Gasteiger partial charge in [0.25, 0.3) is 17.3 Å². The number of aliphatic hydroxyl groups is 2. The molecule has 0 amide bonds. The summed E-state index contributed by atoms with van der Waals surface area (Å²) in [6.45, 7) is 0.716. The van der Waals surface area contributed by atoms with Crippen LogP contribution in [0.15, 0.2) is 24.3 Å². The summed E-state index contributed by atoms with van der Waals surface area (Å²) in [5.74, 6) is -36.2. The molecule has 220 valence electrons. The zero-order valence-electron chi connectivity index (χ0n) is 19.8. The van der Waals surface area contributed by atoms with Crippen molar-refractivity contribution < 1.29 is 74.1 Å². The lowest BCUT2D eigenvalue weighted by Crippen LogP contribution is -2.76. The summed E-state index contributed by atoms with van der Waals surface area (Å²) in [6.07, 6.45) is -10.1. The molecule has 4 unspecified atom stereocenters. The van der Waals surface area contributed by atoms with E-state index < -0.39 is 95.4 Å². The Morgan fingerprint density at radius 2 is 1.28 bits per heavy atom. The number of ether oxygens (including phenoxy) is 3. The molecule has 0 bridgehead atoms. The van der Waals surface area contributed by atoms with Gasteiger partial charge in [-0.15, -0.1) is 0 Å². The number of halogens is 8. The van der Waals surface area contributed by atoms with E-state index in [1.165, 1.54) is 0 Å². The molecule has 1 saturated heterocycles. The highest BCUT2D eigenvalue weighted by atomic mass is 19.3. The van der Waals surface area contributed by atoms with Gasteiger partial charge in [-0.05, 0) is 19.4 Å². The number of nitro benzene ring substituents is 1. The third-order valence-electron chi connectivity index (χ3n) is 5.95. The Balaban J connectivity index is 3.10. The molecule has 0 aromatic heterocycles. The number of non-ortho nitro benzene ring substituents is 1. The van der Waals surface area contributed by atoms with Crippen LogP contribution in [-0.4, -0.2) is 76.6 Å². The van der Waals surface area contributed by atoms with Crippen molar-refractivity contribution in [3.63, 3.8) is 0 Å². The minimum Gasteiger partial charge on any atom is -0.466 e. The Hall–Kier alpha value is -3.12. The van der Waals surface area contributed by atoms with Crippen LogP contribution in [0.25, 0.3) is 0 Å². The van der Waals surface area contributed by atoms with Crippen molar-refractivity contribution in [3.8, 4) is 0 Å². The van der Waals surface area contributed by atoms with Crippen molar-refractivity contribution in [2.75, 3.05) is 13.2 Å². The van der Waals surface area contributed by atoms with Crippen LogP contribution < -0.4 is 0 Å². The highest BCUT2D eigenvalue weighted by Gasteiger charge is 2.81. The number of nitrogens with zero attached hydrogens (tertiary/aromatic N) is 1. The molecule has 2 N–H and O–H groups in total. The fourth-order valence-electron chi connectivity index (χ4n) is 4.19. The minimum atomic E-state index is -6.06. The number of carbonyl (C=O) groups is 2. The second-order valence-corrected chi connectivity index (χ2v) is 8.18. The maximum Gasteiger partial charge on any atom is 0.360 e. The minimum absolute atomic E-state index is 0.564. The first kappa shape index (κ1) is 32.1. The quantitative estimate of drug-likeness (QED) is 0.184. The molecule has 10 nitrogen and oxygen atoms in total. The van der Waals surface area contributed by atoms with Gasteiger partial charge in [0.1, 0.15) is 11.8 Å². The van der Waals surface area contributed by atoms with E-state index in [4.69, 9.17) is 0 Å². The number of hydrogen-bond acceptors (Lipinski definition) is 9. The highest BCUT2D eigenvalue weighted by molar-refractivity contribution is 5.81. The maximum atomic E-state index is 14.9. The van der Waals surface area contributed by atoms with E-state index in [-0.39, 0.29) is 0 Å². The third kappa shape index (κ3) is 5.23. The highest BCUT2D eigenvalue weighted by Crippen LogP contribution is 2.60. The van der Waals surface area contributed by atoms with Gasteiger partial charge in [0, 0.05) is 18.1 Å². The average Bonchev–Trinajstić information content (AvgIpc) is 2.83. The van der Waals surface area contributed by atoms with Crippen molar-refractivity contribution >= 4 is 17.6 Å². The number of carbonyl (C=O) groups excluding carboxylic acids is 2. The molecule has 1 heterocycles. The Morgan fingerprint density at radius 3 is 1.56 bits per heavy atom. The molecule has 1 aliphatic rings. The first-order valence-corrected chi connectivity index (χ1v) is 10.9. The van der Waals surface area contributed by atoms with Crippen molar-refractivity contribution in [2.45, 2.75) is 56.0 Å². The first-order chi connectivity index (χ1) is 17.8. The van der Waals surface area contributed by atoms with Crippen LogP contribution in [0.4, 0.5) is 40.8 Å². The standard InChI is InChI=1S/C21H21F8NO9/c1-3-37-14(31)12-11(9-5-7-10(8-6-9)30(35)36)13(15(32)38-4-2)21(34,19(28,29)17(24)25)39-20(12,33)18(26,27)16(22)23/h5-8,11-13,16-17,33-34H,3-4H2,1-2H3. The number of alkyl halides is 8. The molecule has 2 rings (SSSR count). The Labute approximate surface area is 213 Å². The van der Waals surface area contributed by atoms with Crippen molar-refractivity contribution in [2.24, 2.45) is 11.8 Å². The van der Waals surface area contributed by atoms with E-state index in [0.717, 1.165) is 13.8 Å². The largest absolute Gasteiger partial charge is 0.466 e. The first-order valence-electron chi connectivity index (χ1n) is 10.9. The second kappa shape index (κ2) is 11.2. The van der Waals surface area contributed by atoms with Crippen LogP contribution in [0.1, 0.15) is 25.3 Å². The molecule has 4 atom stereocenters. The van der Waals surface area contributed by atoms with E-state index in [2.05, 4.69) is 14.2 Å². The predicted molar refractivity (Wildman–Crippen MR) is 109 cm³/mol. The van der Waals surface area contributed by atoms with E-state index in [9.17, 15) is 65.0 Å². The Bertz CT molecular complexity index is 1020. The van der Waals surface area contributed by atoms with Gasteiger partial charge in [-0.25, -0.2) is 17.6 Å². The molecule has 1 aliphatic heterocycles. The monoisotopic (exact) mass is 583 g/mol. The number of rotatable bonds is 10. The molecule has 1 fully saturated rings. The summed E-state index contributed by atoms with van der Waals surface area (Å²) in [5.41, 5.74) is -1.57. The lowest BCUT2D eigenvalue weighted by atomic mass is 9.65. The average molecular weight is 583 g/mol. The smallest absolute Gasteiger partial charge is 0.360 e. The van der Waals surface area contributed by atoms with Crippen molar-refractivity contribution in [1.82, 2.24) is 0 Å². The molecular formula is C21H21F8NO9. The van der Waals surface area contributed by atoms with Gasteiger partial charge < -0.3 is 24.4 Å². The maximum absolute atomic E-state index is 14.9. The van der Waals surface area contributed by atoms with Crippen molar-refractivity contribution in [3.05, 3.63) is 39.9 Å². The van der Waals surface area contributed by atoms with Gasteiger partial charge in [0.15, 0.2) is 0 Å². The zero-order chi connectivity index (χ0) is 30.1. The van der Waals surface area contributed by atoms with E-state index in [1.54, 1.807) is 0 Å². The Kier molecular flexibility index (Phi) is 9.19. The van der Waals surface area contributed by atoms with E-state index in [1.807, 2.05) is 0 Å². The Morgan fingerprint density at radius 1 is 0.923 bits per heavy atom. The van der Waals surface area contributed by atoms with Crippen molar-refractivity contribution in [1.29, 1.82) is 0 Å². The molecule has 0 aliphatic carbocycles. The molecule has 0 radical (unpaired) electrons. The fourth-order valence-corrected chi connectivity index (χ4v) is 4.19. The molecule has 0 saturated carbocycles. The number of nitro groups is 1. The van der Waals surface area contributed by atoms with Crippen LogP contribution in [0.3, 0.4) is 0 Å². The third-order valence-corrected chi connectivity index (χ3v) is 5.95. The topological polar surface area (TPSA) is 145 Å². The van der Waals surface area contributed by atoms with Gasteiger partial charge >= 0.3 is 36.6 Å². The van der Waals surface area contributed by atoms with Crippen LogP contribution in [0, 0.1) is 22.0 Å². The van der Waals surface area contributed by atoms with Gasteiger partial charge in [-0.3, -0.25) is 19.7 Å². The molecule has 18 heteroatoms. The van der Waals surface area contributed by atoms with Gasteiger partial charge in [0.2, 0.25) is 0 Å². The summed E-state index contributed by atoms with van der Waals surface area (Å²) in [4.78, 5) is 35.7. The van der Waals surface area contributed by atoms with Gasteiger partial charge in [-0.1, -0.05) is 12.1 Å². The fraction of sp³-hybridized carbons (Fsp3) is 0.619. The lowest BCUT2D eigenvalue weighted by molar-refractivity contribution is -0.491. The van der Waals surface area contributed by atoms with Crippen LogP contribution in [-0.2, 0) is 23.8 Å². The molecule has 1 aromatic carbocycles. The number of benzene rings is 1. The molecular weight excluding hydrogens is 562 g/mol. The van der Waals surface area contributed by atoms with Crippen LogP contribution in [0.2, 0.25) is 0 Å². The number of esters is 2. The number of hydrogen-bond donors (Lipinski definition) is 2. The van der Waals surface area contributed by atoms with Gasteiger partial charge in [0.05, 0.1) is 18.1 Å². The van der Waals surface area contributed by atoms with E-state index in [0.29, 0.717) is 24.3 Å².